The molecule has 2 fully saturated rings. The summed E-state index contributed by atoms with van der Waals surface area (Å²) in [6.07, 6.45) is -1.14. The van der Waals surface area contributed by atoms with Crippen LogP contribution in [0, 0.1) is 5.92 Å². The van der Waals surface area contributed by atoms with Crippen LogP contribution in [-0.4, -0.2) is 39.8 Å². The van der Waals surface area contributed by atoms with E-state index in [-0.39, 0.29) is 5.82 Å². The summed E-state index contributed by atoms with van der Waals surface area (Å²) in [6, 6.07) is 4.95. The molecule has 3 heterocycles. The molecule has 4 rings (SSSR count). The zero-order valence-electron chi connectivity index (χ0n) is 13.4. The molecule has 1 N–H and O–H groups in total. The lowest BCUT2D eigenvalue weighted by atomic mass is 10.0. The molecule has 0 unspecified atom stereocenters. The molecule has 9 heteroatoms. The van der Waals surface area contributed by atoms with Crippen LogP contribution in [0.2, 0.25) is 0 Å². The summed E-state index contributed by atoms with van der Waals surface area (Å²) in [5.41, 5.74) is 0.123. The van der Waals surface area contributed by atoms with Crippen LogP contribution in [0.5, 0.6) is 0 Å². The smallest absolute Gasteiger partial charge is 0.370 e. The third kappa shape index (κ3) is 3.64. The van der Waals surface area contributed by atoms with Crippen molar-refractivity contribution in [2.45, 2.75) is 24.9 Å². The van der Waals surface area contributed by atoms with E-state index >= 15 is 0 Å². The zero-order chi connectivity index (χ0) is 17.4. The van der Waals surface area contributed by atoms with Crippen molar-refractivity contribution in [1.29, 1.82) is 0 Å². The molecule has 0 atom stereocenters. The van der Waals surface area contributed by atoms with Gasteiger partial charge in [-0.15, -0.1) is 5.10 Å². The second-order valence-corrected chi connectivity index (χ2v) is 6.53. The van der Waals surface area contributed by atoms with Crippen molar-refractivity contribution in [1.82, 2.24) is 20.2 Å². The molecule has 25 heavy (non-hydrogen) atoms. The number of aromatic nitrogens is 4. The maximum atomic E-state index is 12.6. The first kappa shape index (κ1) is 16.0. The highest BCUT2D eigenvalue weighted by Gasteiger charge is 2.33. The number of hydrogen-bond donors (Lipinski definition) is 1. The van der Waals surface area contributed by atoms with Crippen LogP contribution in [0.25, 0.3) is 0 Å². The fourth-order valence-electron chi connectivity index (χ4n) is 2.84. The number of alkyl halides is 3. The molecule has 2 aromatic rings. The Morgan fingerprint density at radius 2 is 1.92 bits per heavy atom. The minimum Gasteiger partial charge on any atom is -0.370 e. The third-order valence-electron chi connectivity index (χ3n) is 4.48. The van der Waals surface area contributed by atoms with Gasteiger partial charge in [0.25, 0.3) is 0 Å². The molecule has 6 nitrogen and oxygen atoms in total. The SMILES string of the molecule is FC(F)(F)c1cc(NCC2CN(c3ccc(C4CC4)nn3)C2)ncn1. The first-order chi connectivity index (χ1) is 12.0. The average molecular weight is 350 g/mol. The zero-order valence-corrected chi connectivity index (χ0v) is 13.4. The maximum absolute atomic E-state index is 12.6. The van der Waals surface area contributed by atoms with E-state index < -0.39 is 11.9 Å². The summed E-state index contributed by atoms with van der Waals surface area (Å²) in [7, 11) is 0. The van der Waals surface area contributed by atoms with Crippen molar-refractivity contribution in [3.63, 3.8) is 0 Å². The van der Waals surface area contributed by atoms with E-state index in [9.17, 15) is 13.2 Å². The van der Waals surface area contributed by atoms with Gasteiger partial charge in [-0.25, -0.2) is 9.97 Å². The van der Waals surface area contributed by atoms with Gasteiger partial charge in [-0.1, -0.05) is 0 Å². The molecule has 1 saturated heterocycles. The predicted octanol–water partition coefficient (Wildman–Crippen LogP) is 2.71. The largest absolute Gasteiger partial charge is 0.433 e. The highest BCUT2D eigenvalue weighted by Crippen LogP contribution is 2.39. The molecule has 2 aliphatic rings. The minimum absolute atomic E-state index is 0.189. The number of hydrogen-bond acceptors (Lipinski definition) is 6. The maximum Gasteiger partial charge on any atom is 0.433 e. The van der Waals surface area contributed by atoms with E-state index in [1.54, 1.807) is 0 Å². The lowest BCUT2D eigenvalue weighted by Gasteiger charge is -2.40. The van der Waals surface area contributed by atoms with Crippen LogP contribution >= 0.6 is 0 Å². The van der Waals surface area contributed by atoms with Crippen molar-refractivity contribution in [3.8, 4) is 0 Å². The number of rotatable bonds is 5. The molecule has 1 aliphatic carbocycles. The summed E-state index contributed by atoms with van der Waals surface area (Å²) < 4.78 is 37.9. The van der Waals surface area contributed by atoms with Gasteiger partial charge in [0, 0.05) is 37.5 Å². The van der Waals surface area contributed by atoms with Gasteiger partial charge in [0.1, 0.15) is 17.8 Å². The Bertz CT molecular complexity index is 738. The Labute approximate surface area is 142 Å². The highest BCUT2D eigenvalue weighted by molar-refractivity contribution is 5.42. The van der Waals surface area contributed by atoms with Crippen molar-refractivity contribution >= 4 is 11.6 Å². The van der Waals surface area contributed by atoms with Gasteiger partial charge in [-0.3, -0.25) is 0 Å². The fourth-order valence-corrected chi connectivity index (χ4v) is 2.84. The van der Waals surface area contributed by atoms with E-state index in [0.717, 1.165) is 37.0 Å². The summed E-state index contributed by atoms with van der Waals surface area (Å²) in [6.45, 7) is 2.14. The summed E-state index contributed by atoms with van der Waals surface area (Å²) in [5.74, 6) is 1.95. The van der Waals surface area contributed by atoms with Gasteiger partial charge in [0.15, 0.2) is 5.82 Å². The van der Waals surface area contributed by atoms with Gasteiger partial charge in [0.05, 0.1) is 5.69 Å². The van der Waals surface area contributed by atoms with E-state index in [1.807, 2.05) is 12.1 Å². The molecular weight excluding hydrogens is 333 g/mol. The molecule has 0 radical (unpaired) electrons. The number of nitrogens with zero attached hydrogens (tertiary/aromatic N) is 5. The predicted molar refractivity (Wildman–Crippen MR) is 85.2 cm³/mol. The second kappa shape index (κ2) is 6.12. The van der Waals surface area contributed by atoms with Gasteiger partial charge < -0.3 is 10.2 Å². The Hall–Kier alpha value is -2.45. The molecule has 132 valence electrons. The average Bonchev–Trinajstić information content (AvgIpc) is 3.38. The summed E-state index contributed by atoms with van der Waals surface area (Å²) in [5, 5.41) is 11.5. The molecule has 1 aliphatic heterocycles. The highest BCUT2D eigenvalue weighted by atomic mass is 19.4. The van der Waals surface area contributed by atoms with E-state index in [0.29, 0.717) is 18.4 Å². The van der Waals surface area contributed by atoms with Gasteiger partial charge in [-0.05, 0) is 25.0 Å². The van der Waals surface area contributed by atoms with E-state index in [1.165, 1.54) is 12.8 Å². The number of anilines is 2. The Morgan fingerprint density at radius 3 is 2.56 bits per heavy atom. The normalized spacial score (nSPS) is 18.1. The monoisotopic (exact) mass is 350 g/mol. The van der Waals surface area contributed by atoms with Crippen molar-refractivity contribution in [2.24, 2.45) is 5.92 Å². The minimum atomic E-state index is -4.46. The first-order valence-electron chi connectivity index (χ1n) is 8.21. The molecular formula is C16H17F3N6. The van der Waals surface area contributed by atoms with Crippen LogP contribution < -0.4 is 10.2 Å². The van der Waals surface area contributed by atoms with Crippen LogP contribution in [0.15, 0.2) is 24.5 Å². The quantitative estimate of drug-likeness (QED) is 0.894. The molecule has 0 bridgehead atoms. The Kier molecular flexibility index (Phi) is 3.93. The first-order valence-corrected chi connectivity index (χ1v) is 8.21. The van der Waals surface area contributed by atoms with Crippen molar-refractivity contribution < 1.29 is 13.2 Å². The van der Waals surface area contributed by atoms with Crippen LogP contribution in [0.4, 0.5) is 24.8 Å². The lowest BCUT2D eigenvalue weighted by molar-refractivity contribution is -0.141. The molecule has 0 amide bonds. The number of halogens is 3. The van der Waals surface area contributed by atoms with Gasteiger partial charge in [-0.2, -0.15) is 18.3 Å². The summed E-state index contributed by atoms with van der Waals surface area (Å²) in [4.78, 5) is 9.19. The Balaban J connectivity index is 1.27. The van der Waals surface area contributed by atoms with Crippen LogP contribution in [0.3, 0.4) is 0 Å². The van der Waals surface area contributed by atoms with Gasteiger partial charge >= 0.3 is 6.18 Å². The molecule has 0 aromatic carbocycles. The van der Waals surface area contributed by atoms with Crippen molar-refractivity contribution in [3.05, 3.63) is 35.9 Å². The topological polar surface area (TPSA) is 66.8 Å². The molecule has 1 saturated carbocycles. The van der Waals surface area contributed by atoms with E-state index in [2.05, 4.69) is 30.4 Å². The molecule has 2 aromatic heterocycles. The second-order valence-electron chi connectivity index (χ2n) is 6.53. The number of nitrogens with one attached hydrogen (secondary N) is 1. The van der Waals surface area contributed by atoms with E-state index in [4.69, 9.17) is 0 Å². The molecule has 0 spiro atoms. The van der Waals surface area contributed by atoms with Crippen LogP contribution in [-0.2, 0) is 6.18 Å². The van der Waals surface area contributed by atoms with Crippen LogP contribution in [0.1, 0.15) is 30.1 Å². The Morgan fingerprint density at radius 1 is 1.12 bits per heavy atom. The third-order valence-corrected chi connectivity index (χ3v) is 4.48. The fraction of sp³-hybridized carbons (Fsp3) is 0.500. The van der Waals surface area contributed by atoms with Gasteiger partial charge in [0.2, 0.25) is 0 Å². The standard InChI is InChI=1S/C16H17F3N6/c17-16(18,19)13-5-14(22-9-21-13)20-6-10-7-25(8-10)15-4-3-12(23-24-15)11-1-2-11/h3-5,9-11H,1-2,6-8H2,(H,20,21,22). The van der Waals surface area contributed by atoms with Crippen molar-refractivity contribution in [2.75, 3.05) is 29.9 Å². The summed E-state index contributed by atoms with van der Waals surface area (Å²) >= 11 is 0. The lowest BCUT2D eigenvalue weighted by Crippen LogP contribution is -2.50.